The maximum Gasteiger partial charge on any atom is 0.198 e. The molecule has 2 aromatic rings. The summed E-state index contributed by atoms with van der Waals surface area (Å²) in [5.74, 6) is 2.00. The van der Waals surface area contributed by atoms with Gasteiger partial charge in [-0.05, 0) is 5.56 Å². The fraction of sp³-hybridized carbons (Fsp3) is 0.294. The van der Waals surface area contributed by atoms with E-state index in [4.69, 9.17) is 14.2 Å². The van der Waals surface area contributed by atoms with Crippen LogP contribution in [-0.2, 0) is 0 Å². The normalized spacial score (nSPS) is 20.3. The second-order valence-electron chi connectivity index (χ2n) is 5.01. The molecule has 4 heteroatoms. The molecule has 0 saturated heterocycles. The summed E-state index contributed by atoms with van der Waals surface area (Å²) in [6.45, 7) is 0. The molecule has 1 heterocycles. The van der Waals surface area contributed by atoms with Crippen LogP contribution in [0.4, 0.5) is 0 Å². The first-order valence-corrected chi connectivity index (χ1v) is 6.88. The van der Waals surface area contributed by atoms with E-state index in [2.05, 4.69) is 12.1 Å². The van der Waals surface area contributed by atoms with Gasteiger partial charge in [0.15, 0.2) is 6.29 Å². The van der Waals surface area contributed by atoms with Crippen LogP contribution in [0.15, 0.2) is 42.5 Å². The monoisotopic (exact) mass is 286 g/mol. The fourth-order valence-electron chi connectivity index (χ4n) is 2.81. The number of rotatable bonds is 3. The number of ether oxygens (including phenoxy) is 3. The van der Waals surface area contributed by atoms with Crippen LogP contribution in [0.5, 0.6) is 17.2 Å². The van der Waals surface area contributed by atoms with Gasteiger partial charge in [-0.3, -0.25) is 0 Å². The molecule has 1 aliphatic heterocycles. The van der Waals surface area contributed by atoms with Gasteiger partial charge in [-0.1, -0.05) is 30.3 Å². The van der Waals surface area contributed by atoms with Gasteiger partial charge in [-0.25, -0.2) is 0 Å². The molecule has 0 bridgehead atoms. The van der Waals surface area contributed by atoms with Crippen molar-refractivity contribution in [1.82, 2.24) is 0 Å². The third kappa shape index (κ3) is 2.54. The lowest BCUT2D eigenvalue weighted by Gasteiger charge is -2.31. The van der Waals surface area contributed by atoms with Crippen LogP contribution in [0.1, 0.15) is 23.5 Å². The Hall–Kier alpha value is -2.20. The second-order valence-corrected chi connectivity index (χ2v) is 5.01. The topological polar surface area (TPSA) is 47.9 Å². The SMILES string of the molecule is COc1cc(OC)c2c(c1)OC(O)CC2c1ccccc1. The van der Waals surface area contributed by atoms with Crippen LogP contribution in [-0.4, -0.2) is 25.6 Å². The maximum absolute atomic E-state index is 10.0. The predicted octanol–water partition coefficient (Wildman–Crippen LogP) is 2.94. The molecule has 0 saturated carbocycles. The summed E-state index contributed by atoms with van der Waals surface area (Å²) in [5, 5.41) is 10.0. The lowest BCUT2D eigenvalue weighted by atomic mass is 9.85. The number of hydrogen-bond acceptors (Lipinski definition) is 4. The van der Waals surface area contributed by atoms with E-state index < -0.39 is 6.29 Å². The lowest BCUT2D eigenvalue weighted by molar-refractivity contribution is -0.0364. The van der Waals surface area contributed by atoms with Crippen LogP contribution in [0.2, 0.25) is 0 Å². The van der Waals surface area contributed by atoms with Crippen LogP contribution in [0.25, 0.3) is 0 Å². The van der Waals surface area contributed by atoms with Gasteiger partial charge in [0.2, 0.25) is 0 Å². The quantitative estimate of drug-likeness (QED) is 0.942. The van der Waals surface area contributed by atoms with Gasteiger partial charge in [0, 0.05) is 30.0 Å². The molecule has 2 unspecified atom stereocenters. The van der Waals surface area contributed by atoms with Crippen LogP contribution in [0.3, 0.4) is 0 Å². The molecule has 0 amide bonds. The van der Waals surface area contributed by atoms with Gasteiger partial charge < -0.3 is 19.3 Å². The van der Waals surface area contributed by atoms with Gasteiger partial charge in [-0.15, -0.1) is 0 Å². The van der Waals surface area contributed by atoms with Gasteiger partial charge in [0.25, 0.3) is 0 Å². The summed E-state index contributed by atoms with van der Waals surface area (Å²) in [7, 11) is 3.22. The van der Waals surface area contributed by atoms with Crippen molar-refractivity contribution >= 4 is 0 Å². The van der Waals surface area contributed by atoms with Crippen LogP contribution < -0.4 is 14.2 Å². The van der Waals surface area contributed by atoms with Crippen molar-refractivity contribution in [3.63, 3.8) is 0 Å². The number of benzene rings is 2. The smallest absolute Gasteiger partial charge is 0.198 e. The summed E-state index contributed by atoms with van der Waals surface area (Å²) < 4.78 is 16.3. The van der Waals surface area contributed by atoms with E-state index in [9.17, 15) is 5.11 Å². The Morgan fingerprint density at radius 1 is 1.10 bits per heavy atom. The zero-order valence-electron chi connectivity index (χ0n) is 12.1. The van der Waals surface area contributed by atoms with Crippen molar-refractivity contribution in [3.05, 3.63) is 53.6 Å². The fourth-order valence-corrected chi connectivity index (χ4v) is 2.81. The Kier molecular flexibility index (Phi) is 3.71. The molecule has 2 atom stereocenters. The Morgan fingerprint density at radius 3 is 2.52 bits per heavy atom. The molecule has 0 fully saturated rings. The summed E-state index contributed by atoms with van der Waals surface area (Å²) in [5.41, 5.74) is 2.08. The number of aliphatic hydroxyl groups excluding tert-OH is 1. The molecule has 0 spiro atoms. The van der Waals surface area contributed by atoms with Crippen molar-refractivity contribution in [2.75, 3.05) is 14.2 Å². The summed E-state index contributed by atoms with van der Waals surface area (Å²) in [6.07, 6.45) is -0.334. The summed E-state index contributed by atoms with van der Waals surface area (Å²) in [4.78, 5) is 0. The van der Waals surface area contributed by atoms with E-state index in [0.717, 1.165) is 11.1 Å². The average molecular weight is 286 g/mol. The molecular weight excluding hydrogens is 268 g/mol. The lowest BCUT2D eigenvalue weighted by Crippen LogP contribution is -2.26. The van der Waals surface area contributed by atoms with E-state index in [0.29, 0.717) is 23.7 Å². The average Bonchev–Trinajstić information content (AvgIpc) is 2.53. The second kappa shape index (κ2) is 5.66. The minimum atomic E-state index is -0.834. The zero-order valence-corrected chi connectivity index (χ0v) is 12.1. The minimum absolute atomic E-state index is 0.0332. The van der Waals surface area contributed by atoms with Crippen LogP contribution in [0, 0.1) is 0 Å². The largest absolute Gasteiger partial charge is 0.496 e. The molecule has 2 aromatic carbocycles. The van der Waals surface area contributed by atoms with Crippen molar-refractivity contribution in [1.29, 1.82) is 0 Å². The number of fused-ring (bicyclic) bond motifs is 1. The van der Waals surface area contributed by atoms with Gasteiger partial charge in [-0.2, -0.15) is 0 Å². The highest BCUT2D eigenvalue weighted by molar-refractivity contribution is 5.56. The van der Waals surface area contributed by atoms with Gasteiger partial charge >= 0.3 is 0 Å². The highest BCUT2D eigenvalue weighted by Gasteiger charge is 2.32. The number of aliphatic hydroxyl groups is 1. The Balaban J connectivity index is 2.15. The van der Waals surface area contributed by atoms with Crippen molar-refractivity contribution in [3.8, 4) is 17.2 Å². The molecule has 1 N–H and O–H groups in total. The first kappa shape index (κ1) is 13.8. The Bertz CT molecular complexity index is 624. The van der Waals surface area contributed by atoms with E-state index in [1.54, 1.807) is 20.3 Å². The van der Waals surface area contributed by atoms with E-state index in [1.165, 1.54) is 0 Å². The Labute approximate surface area is 123 Å². The van der Waals surface area contributed by atoms with E-state index >= 15 is 0 Å². The highest BCUT2D eigenvalue weighted by Crippen LogP contribution is 2.46. The van der Waals surface area contributed by atoms with Crippen LogP contribution >= 0.6 is 0 Å². The molecule has 0 aliphatic carbocycles. The molecular formula is C17H18O4. The third-order valence-corrected chi connectivity index (χ3v) is 3.78. The van der Waals surface area contributed by atoms with Crippen molar-refractivity contribution in [2.45, 2.75) is 18.6 Å². The summed E-state index contributed by atoms with van der Waals surface area (Å²) in [6, 6.07) is 13.7. The van der Waals surface area contributed by atoms with E-state index in [1.807, 2.05) is 24.3 Å². The van der Waals surface area contributed by atoms with Crippen molar-refractivity contribution in [2.24, 2.45) is 0 Å². The molecule has 110 valence electrons. The maximum atomic E-state index is 10.0. The Morgan fingerprint density at radius 2 is 1.86 bits per heavy atom. The van der Waals surface area contributed by atoms with Gasteiger partial charge in [0.05, 0.1) is 14.2 Å². The standard InChI is InChI=1S/C17H18O4/c1-19-12-8-14(20-2)17-13(11-6-4-3-5-7-11)10-16(18)21-15(17)9-12/h3-9,13,16,18H,10H2,1-2H3. The molecule has 21 heavy (non-hydrogen) atoms. The first-order chi connectivity index (χ1) is 10.2. The molecule has 0 radical (unpaired) electrons. The highest BCUT2D eigenvalue weighted by atomic mass is 16.6. The molecule has 1 aliphatic rings. The van der Waals surface area contributed by atoms with Crippen molar-refractivity contribution < 1.29 is 19.3 Å². The predicted molar refractivity (Wildman–Crippen MR) is 79.1 cm³/mol. The third-order valence-electron chi connectivity index (χ3n) is 3.78. The molecule has 0 aromatic heterocycles. The number of methoxy groups -OCH3 is 2. The molecule has 3 rings (SSSR count). The molecule has 4 nitrogen and oxygen atoms in total. The zero-order chi connectivity index (χ0) is 14.8. The number of hydrogen-bond donors (Lipinski definition) is 1. The van der Waals surface area contributed by atoms with Gasteiger partial charge in [0.1, 0.15) is 17.2 Å². The minimum Gasteiger partial charge on any atom is -0.496 e. The first-order valence-electron chi connectivity index (χ1n) is 6.88. The van der Waals surface area contributed by atoms with E-state index in [-0.39, 0.29) is 5.92 Å². The summed E-state index contributed by atoms with van der Waals surface area (Å²) >= 11 is 0.